The highest BCUT2D eigenvalue weighted by Gasteiger charge is 2.29. The first-order valence-corrected chi connectivity index (χ1v) is 6.70. The quantitative estimate of drug-likeness (QED) is 0.823. The third kappa shape index (κ3) is 7.59. The van der Waals surface area contributed by atoms with Crippen LogP contribution in [0.2, 0.25) is 5.02 Å². The number of alkyl carbamates (subject to hydrolysis) is 1. The zero-order valence-corrected chi connectivity index (χ0v) is 12.8. The Hall–Kier alpha value is -2.16. The maximum atomic E-state index is 11.8. The topological polar surface area (TPSA) is 76.7 Å². The summed E-state index contributed by atoms with van der Waals surface area (Å²) in [7, 11) is 1.47. The van der Waals surface area contributed by atoms with E-state index in [9.17, 15) is 22.8 Å². The van der Waals surface area contributed by atoms with Gasteiger partial charge >= 0.3 is 12.3 Å². The number of carbonyl (C=O) groups is 2. The van der Waals surface area contributed by atoms with E-state index in [1.165, 1.54) is 19.2 Å². The first-order chi connectivity index (χ1) is 10.7. The predicted octanol–water partition coefficient (Wildman–Crippen LogP) is 2.97. The molecule has 0 aliphatic carbocycles. The second kappa shape index (κ2) is 8.47. The lowest BCUT2D eigenvalue weighted by molar-refractivity contribution is -0.160. The van der Waals surface area contributed by atoms with Crippen LogP contribution < -0.4 is 15.4 Å². The molecule has 0 saturated carbocycles. The summed E-state index contributed by atoms with van der Waals surface area (Å²) in [6, 6.07) is 4.63. The van der Waals surface area contributed by atoms with E-state index in [-0.39, 0.29) is 18.0 Å². The number of rotatable bonds is 6. The first kappa shape index (κ1) is 18.9. The van der Waals surface area contributed by atoms with Gasteiger partial charge in [-0.2, -0.15) is 13.2 Å². The number of methoxy groups -OCH3 is 1. The highest BCUT2D eigenvalue weighted by atomic mass is 35.5. The summed E-state index contributed by atoms with van der Waals surface area (Å²) in [6.07, 6.45) is -6.01. The third-order valence-electron chi connectivity index (χ3n) is 2.44. The van der Waals surface area contributed by atoms with Crippen molar-refractivity contribution in [2.24, 2.45) is 0 Å². The van der Waals surface area contributed by atoms with Gasteiger partial charge in [0.1, 0.15) is 5.75 Å². The van der Waals surface area contributed by atoms with Gasteiger partial charge < -0.3 is 20.1 Å². The highest BCUT2D eigenvalue weighted by molar-refractivity contribution is 6.33. The molecule has 128 valence electrons. The number of benzene rings is 1. The normalized spacial score (nSPS) is 10.8. The molecule has 0 aromatic heterocycles. The number of alkyl halides is 3. The molecule has 2 amide bonds. The van der Waals surface area contributed by atoms with Gasteiger partial charge in [0.2, 0.25) is 5.91 Å². The maximum Gasteiger partial charge on any atom is 0.422 e. The van der Waals surface area contributed by atoms with Crippen LogP contribution in [0.3, 0.4) is 0 Å². The van der Waals surface area contributed by atoms with Crippen LogP contribution in [0.5, 0.6) is 5.75 Å². The lowest BCUT2D eigenvalue weighted by atomic mass is 10.3. The average Bonchev–Trinajstić information content (AvgIpc) is 2.46. The number of halogens is 4. The Morgan fingerprint density at radius 2 is 2.00 bits per heavy atom. The van der Waals surface area contributed by atoms with E-state index in [1.54, 1.807) is 6.07 Å². The van der Waals surface area contributed by atoms with E-state index < -0.39 is 24.8 Å². The van der Waals surface area contributed by atoms with E-state index in [0.29, 0.717) is 11.4 Å². The van der Waals surface area contributed by atoms with Crippen molar-refractivity contribution in [3.05, 3.63) is 23.2 Å². The summed E-state index contributed by atoms with van der Waals surface area (Å²) < 4.78 is 44.3. The van der Waals surface area contributed by atoms with Gasteiger partial charge in [0, 0.05) is 19.0 Å². The van der Waals surface area contributed by atoms with Crippen molar-refractivity contribution < 1.29 is 32.2 Å². The average molecular weight is 355 g/mol. The fraction of sp³-hybridized carbons (Fsp3) is 0.385. The number of hydrogen-bond donors (Lipinski definition) is 2. The molecule has 23 heavy (non-hydrogen) atoms. The second-order valence-corrected chi connectivity index (χ2v) is 4.67. The standard InChI is InChI=1S/C13H14ClF3N2O4/c1-22-8-2-3-10(9(14)6-8)19-11(20)4-5-18-12(21)23-7-13(15,16)17/h2-3,6H,4-5,7H2,1H3,(H,18,21)(H,19,20). The highest BCUT2D eigenvalue weighted by Crippen LogP contribution is 2.26. The molecule has 2 N–H and O–H groups in total. The summed E-state index contributed by atoms with van der Waals surface area (Å²) in [6.45, 7) is -1.87. The summed E-state index contributed by atoms with van der Waals surface area (Å²) in [4.78, 5) is 22.6. The Kier molecular flexibility index (Phi) is 6.95. The summed E-state index contributed by atoms with van der Waals surface area (Å²) >= 11 is 5.93. The second-order valence-electron chi connectivity index (χ2n) is 4.26. The molecule has 0 spiro atoms. The number of ether oxygens (including phenoxy) is 2. The van der Waals surface area contributed by atoms with Crippen LogP contribution in [0.15, 0.2) is 18.2 Å². The van der Waals surface area contributed by atoms with Crippen LogP contribution in [0.4, 0.5) is 23.7 Å². The predicted molar refractivity (Wildman–Crippen MR) is 76.7 cm³/mol. The molecular formula is C13H14ClF3N2O4. The summed E-state index contributed by atoms with van der Waals surface area (Å²) in [5.41, 5.74) is 0.345. The van der Waals surface area contributed by atoms with Crippen LogP contribution in [0.1, 0.15) is 6.42 Å². The monoisotopic (exact) mass is 354 g/mol. The van der Waals surface area contributed by atoms with Crippen LogP contribution in [0, 0.1) is 0 Å². The molecule has 1 aromatic rings. The molecule has 0 radical (unpaired) electrons. The number of anilines is 1. The minimum atomic E-state index is -4.60. The number of amides is 2. The lowest BCUT2D eigenvalue weighted by Crippen LogP contribution is -2.31. The Labute approximate surface area is 134 Å². The largest absolute Gasteiger partial charge is 0.497 e. The minimum Gasteiger partial charge on any atom is -0.497 e. The molecule has 0 saturated heterocycles. The van der Waals surface area contributed by atoms with Crippen molar-refractivity contribution in [3.8, 4) is 5.75 Å². The molecule has 1 rings (SSSR count). The van der Waals surface area contributed by atoms with Crippen molar-refractivity contribution in [2.45, 2.75) is 12.6 Å². The lowest BCUT2D eigenvalue weighted by Gasteiger charge is -2.10. The molecule has 0 unspecified atom stereocenters. The van der Waals surface area contributed by atoms with Gasteiger partial charge in [-0.15, -0.1) is 0 Å². The fourth-order valence-electron chi connectivity index (χ4n) is 1.41. The van der Waals surface area contributed by atoms with E-state index >= 15 is 0 Å². The van der Waals surface area contributed by atoms with Crippen LogP contribution >= 0.6 is 11.6 Å². The summed E-state index contributed by atoms with van der Waals surface area (Å²) in [5.74, 6) is 0.0373. The Bertz CT molecular complexity index is 567. The molecule has 0 aliphatic rings. The smallest absolute Gasteiger partial charge is 0.422 e. The van der Waals surface area contributed by atoms with Crippen LogP contribution in [-0.4, -0.2) is 38.4 Å². The van der Waals surface area contributed by atoms with Crippen LogP contribution in [0.25, 0.3) is 0 Å². The van der Waals surface area contributed by atoms with E-state index in [2.05, 4.69) is 10.1 Å². The van der Waals surface area contributed by atoms with Crippen molar-refractivity contribution >= 4 is 29.3 Å². The zero-order chi connectivity index (χ0) is 17.5. The van der Waals surface area contributed by atoms with Crippen LogP contribution in [-0.2, 0) is 9.53 Å². The number of hydrogen-bond acceptors (Lipinski definition) is 4. The van der Waals surface area contributed by atoms with E-state index in [4.69, 9.17) is 16.3 Å². The Morgan fingerprint density at radius 3 is 2.57 bits per heavy atom. The Morgan fingerprint density at radius 1 is 1.30 bits per heavy atom. The molecule has 10 heteroatoms. The van der Waals surface area contributed by atoms with Crippen molar-refractivity contribution in [2.75, 3.05) is 25.6 Å². The SMILES string of the molecule is COc1ccc(NC(=O)CCNC(=O)OCC(F)(F)F)c(Cl)c1. The minimum absolute atomic E-state index is 0.163. The Balaban J connectivity index is 2.33. The van der Waals surface area contributed by atoms with Gasteiger partial charge in [-0.25, -0.2) is 4.79 Å². The number of nitrogens with one attached hydrogen (secondary N) is 2. The van der Waals surface area contributed by atoms with Crippen molar-refractivity contribution in [3.63, 3.8) is 0 Å². The van der Waals surface area contributed by atoms with Gasteiger partial charge in [0.25, 0.3) is 0 Å². The summed E-state index contributed by atoms with van der Waals surface area (Å²) in [5, 5.41) is 4.78. The van der Waals surface area contributed by atoms with Crippen molar-refractivity contribution in [1.82, 2.24) is 5.32 Å². The van der Waals surface area contributed by atoms with Gasteiger partial charge in [0.15, 0.2) is 6.61 Å². The van der Waals surface area contributed by atoms with Gasteiger partial charge in [0.05, 0.1) is 17.8 Å². The van der Waals surface area contributed by atoms with Gasteiger partial charge in [-0.1, -0.05) is 11.6 Å². The molecule has 6 nitrogen and oxygen atoms in total. The van der Waals surface area contributed by atoms with Gasteiger partial charge in [-0.3, -0.25) is 4.79 Å². The maximum absolute atomic E-state index is 11.8. The fourth-order valence-corrected chi connectivity index (χ4v) is 1.63. The molecule has 0 atom stereocenters. The molecule has 1 aromatic carbocycles. The molecule has 0 bridgehead atoms. The molecule has 0 fully saturated rings. The van der Waals surface area contributed by atoms with Gasteiger partial charge in [-0.05, 0) is 12.1 Å². The molecule has 0 aliphatic heterocycles. The third-order valence-corrected chi connectivity index (χ3v) is 2.75. The van der Waals surface area contributed by atoms with Crippen molar-refractivity contribution in [1.29, 1.82) is 0 Å². The first-order valence-electron chi connectivity index (χ1n) is 6.32. The van der Waals surface area contributed by atoms with E-state index in [0.717, 1.165) is 0 Å². The van der Waals surface area contributed by atoms with E-state index in [1.807, 2.05) is 5.32 Å². The molecular weight excluding hydrogens is 341 g/mol. The zero-order valence-electron chi connectivity index (χ0n) is 12.0. The number of carbonyl (C=O) groups excluding carboxylic acids is 2. The molecule has 0 heterocycles.